The van der Waals surface area contributed by atoms with Gasteiger partial charge in [-0.15, -0.1) is 0 Å². The van der Waals surface area contributed by atoms with Crippen LogP contribution in [-0.4, -0.2) is 62.2 Å². The van der Waals surface area contributed by atoms with Gasteiger partial charge in [0.05, 0.1) is 0 Å². The van der Waals surface area contributed by atoms with Gasteiger partial charge >= 0.3 is 0 Å². The highest BCUT2D eigenvalue weighted by Crippen LogP contribution is 2.39. The molecule has 1 aliphatic heterocycles. The van der Waals surface area contributed by atoms with Crippen LogP contribution < -0.4 is 5.32 Å². The van der Waals surface area contributed by atoms with Gasteiger partial charge in [-0.1, -0.05) is 20.3 Å². The lowest BCUT2D eigenvalue weighted by Crippen LogP contribution is -2.59. The van der Waals surface area contributed by atoms with Crippen molar-refractivity contribution in [2.24, 2.45) is 5.41 Å². The molecular formula is C16H33N3. The summed E-state index contributed by atoms with van der Waals surface area (Å²) >= 11 is 0. The first-order valence-electron chi connectivity index (χ1n) is 8.03. The Morgan fingerprint density at radius 2 is 1.95 bits per heavy atom. The van der Waals surface area contributed by atoms with Crippen LogP contribution in [0.2, 0.25) is 0 Å². The summed E-state index contributed by atoms with van der Waals surface area (Å²) in [5, 5.41) is 3.64. The van der Waals surface area contributed by atoms with E-state index in [1.54, 1.807) is 0 Å². The Hall–Kier alpha value is -0.120. The predicted octanol–water partition coefficient (Wildman–Crippen LogP) is 2.18. The van der Waals surface area contributed by atoms with Gasteiger partial charge in [0.25, 0.3) is 0 Å². The fourth-order valence-corrected chi connectivity index (χ4v) is 4.46. The zero-order valence-corrected chi connectivity index (χ0v) is 13.6. The van der Waals surface area contributed by atoms with Crippen molar-refractivity contribution in [1.82, 2.24) is 15.1 Å². The number of hydrogen-bond acceptors (Lipinski definition) is 3. The van der Waals surface area contributed by atoms with Gasteiger partial charge in [0.2, 0.25) is 0 Å². The largest absolute Gasteiger partial charge is 0.315 e. The Morgan fingerprint density at radius 3 is 2.58 bits per heavy atom. The highest BCUT2D eigenvalue weighted by molar-refractivity contribution is 5.00. The molecule has 3 heteroatoms. The van der Waals surface area contributed by atoms with Gasteiger partial charge in [0, 0.05) is 24.7 Å². The average molecular weight is 267 g/mol. The van der Waals surface area contributed by atoms with Gasteiger partial charge in [0.15, 0.2) is 0 Å². The van der Waals surface area contributed by atoms with Crippen LogP contribution in [0.15, 0.2) is 0 Å². The topological polar surface area (TPSA) is 18.5 Å². The third-order valence-electron chi connectivity index (χ3n) is 5.28. The molecule has 1 heterocycles. The summed E-state index contributed by atoms with van der Waals surface area (Å²) in [6, 6.07) is 2.15. The molecule has 0 spiro atoms. The first-order valence-corrected chi connectivity index (χ1v) is 8.03. The zero-order chi connectivity index (χ0) is 14.0. The van der Waals surface area contributed by atoms with Crippen molar-refractivity contribution in [3.63, 3.8) is 0 Å². The Labute approximate surface area is 119 Å². The number of nitrogens with one attached hydrogen (secondary N) is 1. The van der Waals surface area contributed by atoms with Crippen molar-refractivity contribution in [3.05, 3.63) is 0 Å². The summed E-state index contributed by atoms with van der Waals surface area (Å²) < 4.78 is 0. The SMILES string of the molecule is CNC1C(N2CCCC2CN(C)C)CCCC1(C)C. The van der Waals surface area contributed by atoms with Crippen LogP contribution in [0, 0.1) is 5.41 Å². The average Bonchev–Trinajstić information content (AvgIpc) is 2.74. The number of likely N-dealkylation sites (N-methyl/N-ethyl adjacent to an activating group) is 2. The monoisotopic (exact) mass is 267 g/mol. The maximum absolute atomic E-state index is 3.64. The molecular weight excluding hydrogens is 234 g/mol. The number of likely N-dealkylation sites (tertiary alicyclic amines) is 1. The Morgan fingerprint density at radius 1 is 1.21 bits per heavy atom. The molecule has 1 saturated heterocycles. The molecule has 0 aromatic heterocycles. The second kappa shape index (κ2) is 6.11. The van der Waals surface area contributed by atoms with Gasteiger partial charge in [0.1, 0.15) is 0 Å². The summed E-state index contributed by atoms with van der Waals surface area (Å²) in [6.45, 7) is 7.40. The normalized spacial score (nSPS) is 36.0. The van der Waals surface area contributed by atoms with Crippen LogP contribution in [0.1, 0.15) is 46.0 Å². The van der Waals surface area contributed by atoms with Crippen molar-refractivity contribution >= 4 is 0 Å². The lowest BCUT2D eigenvalue weighted by molar-refractivity contribution is 0.0388. The summed E-state index contributed by atoms with van der Waals surface area (Å²) in [5.74, 6) is 0. The van der Waals surface area contributed by atoms with Gasteiger partial charge < -0.3 is 10.2 Å². The molecule has 2 aliphatic rings. The van der Waals surface area contributed by atoms with E-state index >= 15 is 0 Å². The fraction of sp³-hybridized carbons (Fsp3) is 1.00. The summed E-state index contributed by atoms with van der Waals surface area (Å²) in [7, 11) is 6.56. The lowest BCUT2D eigenvalue weighted by Gasteiger charge is -2.49. The molecule has 3 atom stereocenters. The van der Waals surface area contributed by atoms with E-state index in [9.17, 15) is 0 Å². The highest BCUT2D eigenvalue weighted by Gasteiger charge is 2.43. The number of nitrogens with zero attached hydrogens (tertiary/aromatic N) is 2. The van der Waals surface area contributed by atoms with Crippen molar-refractivity contribution in [3.8, 4) is 0 Å². The van der Waals surface area contributed by atoms with Crippen LogP contribution in [0.5, 0.6) is 0 Å². The Bertz CT molecular complexity index is 288. The molecule has 3 unspecified atom stereocenters. The van der Waals surface area contributed by atoms with Gasteiger partial charge in [-0.3, -0.25) is 4.90 Å². The summed E-state index contributed by atoms with van der Waals surface area (Å²) in [4.78, 5) is 5.17. The maximum atomic E-state index is 3.64. The van der Waals surface area contributed by atoms with E-state index in [1.165, 1.54) is 45.2 Å². The molecule has 0 aromatic rings. The molecule has 1 aliphatic carbocycles. The van der Waals surface area contributed by atoms with E-state index in [-0.39, 0.29) is 0 Å². The first-order chi connectivity index (χ1) is 8.95. The Kier molecular flexibility index (Phi) is 4.91. The van der Waals surface area contributed by atoms with E-state index in [2.05, 4.69) is 50.1 Å². The lowest BCUT2D eigenvalue weighted by atomic mass is 9.70. The highest BCUT2D eigenvalue weighted by atomic mass is 15.3. The van der Waals surface area contributed by atoms with Crippen molar-refractivity contribution < 1.29 is 0 Å². The molecule has 1 saturated carbocycles. The third kappa shape index (κ3) is 3.32. The second-order valence-corrected chi connectivity index (χ2v) is 7.51. The standard InChI is InChI=1S/C16H33N3/c1-16(2)10-6-9-14(15(16)17-3)19-11-7-8-13(19)12-18(4)5/h13-15,17H,6-12H2,1-5H3. The Balaban J connectivity index is 2.10. The van der Waals surface area contributed by atoms with Gasteiger partial charge in [-0.05, 0) is 58.8 Å². The number of hydrogen-bond donors (Lipinski definition) is 1. The van der Waals surface area contributed by atoms with Gasteiger partial charge in [-0.2, -0.15) is 0 Å². The number of rotatable bonds is 4. The van der Waals surface area contributed by atoms with Crippen molar-refractivity contribution in [2.45, 2.75) is 64.1 Å². The molecule has 2 fully saturated rings. The van der Waals surface area contributed by atoms with Crippen LogP contribution in [0.4, 0.5) is 0 Å². The third-order valence-corrected chi connectivity index (χ3v) is 5.28. The molecule has 0 aromatic carbocycles. The predicted molar refractivity (Wildman–Crippen MR) is 82.5 cm³/mol. The van der Waals surface area contributed by atoms with E-state index in [0.717, 1.165) is 12.1 Å². The fourth-order valence-electron chi connectivity index (χ4n) is 4.46. The second-order valence-electron chi connectivity index (χ2n) is 7.51. The van der Waals surface area contributed by atoms with Crippen molar-refractivity contribution in [2.75, 3.05) is 34.2 Å². The van der Waals surface area contributed by atoms with E-state index in [1.807, 2.05) is 0 Å². The molecule has 0 radical (unpaired) electrons. The maximum Gasteiger partial charge on any atom is 0.0271 e. The minimum atomic E-state index is 0.433. The minimum Gasteiger partial charge on any atom is -0.315 e. The van der Waals surface area contributed by atoms with Gasteiger partial charge in [-0.25, -0.2) is 0 Å². The zero-order valence-electron chi connectivity index (χ0n) is 13.6. The molecule has 0 amide bonds. The quantitative estimate of drug-likeness (QED) is 0.842. The minimum absolute atomic E-state index is 0.433. The van der Waals surface area contributed by atoms with Crippen molar-refractivity contribution in [1.29, 1.82) is 0 Å². The smallest absolute Gasteiger partial charge is 0.0271 e. The molecule has 3 nitrogen and oxygen atoms in total. The van der Waals surface area contributed by atoms with Crippen LogP contribution in [0.25, 0.3) is 0 Å². The molecule has 1 N–H and O–H groups in total. The molecule has 19 heavy (non-hydrogen) atoms. The van der Waals surface area contributed by atoms with Crippen LogP contribution in [-0.2, 0) is 0 Å². The summed E-state index contributed by atoms with van der Waals surface area (Å²) in [6.07, 6.45) is 6.89. The molecule has 112 valence electrons. The van der Waals surface area contributed by atoms with E-state index < -0.39 is 0 Å². The van der Waals surface area contributed by atoms with E-state index in [0.29, 0.717) is 11.5 Å². The molecule has 0 bridgehead atoms. The first kappa shape index (κ1) is 15.3. The van der Waals surface area contributed by atoms with E-state index in [4.69, 9.17) is 0 Å². The summed E-state index contributed by atoms with van der Waals surface area (Å²) in [5.41, 5.74) is 0.433. The molecule has 2 rings (SSSR count). The van der Waals surface area contributed by atoms with Crippen LogP contribution >= 0.6 is 0 Å². The van der Waals surface area contributed by atoms with Crippen LogP contribution in [0.3, 0.4) is 0 Å².